The maximum atomic E-state index is 10.1. The average Bonchev–Trinajstić information content (AvgIpc) is 2.19. The van der Waals surface area contributed by atoms with Crippen molar-refractivity contribution < 1.29 is 4.79 Å². The van der Waals surface area contributed by atoms with Gasteiger partial charge in [0.2, 0.25) is 0 Å². The van der Waals surface area contributed by atoms with Gasteiger partial charge in [-0.3, -0.25) is 4.79 Å². The van der Waals surface area contributed by atoms with Crippen LogP contribution in [0.5, 0.6) is 0 Å². The van der Waals surface area contributed by atoms with Crippen molar-refractivity contribution in [3.63, 3.8) is 0 Å². The smallest absolute Gasteiger partial charge is 0.137 e. The zero-order valence-corrected chi connectivity index (χ0v) is 5.44. The predicted octanol–water partition coefficient (Wildman–Crippen LogP) is 1.01. The summed E-state index contributed by atoms with van der Waals surface area (Å²) in [6, 6.07) is 0. The molecule has 0 bridgehead atoms. The molecule has 0 spiro atoms. The average molecular weight is 196 g/mol. The Bertz CT molecular complexity index is 79.6. The second-order valence-corrected chi connectivity index (χ2v) is 2.40. The second kappa shape index (κ2) is 1.48. The summed E-state index contributed by atoms with van der Waals surface area (Å²) in [6.07, 6.45) is 0.850. The number of alkyl halides is 1. The SMILES string of the molecule is O=C1CC1CI. The van der Waals surface area contributed by atoms with Gasteiger partial charge in [-0.05, 0) is 0 Å². The van der Waals surface area contributed by atoms with Gasteiger partial charge in [0, 0.05) is 16.8 Å². The van der Waals surface area contributed by atoms with Crippen LogP contribution in [0.3, 0.4) is 0 Å². The van der Waals surface area contributed by atoms with Crippen molar-refractivity contribution in [1.82, 2.24) is 0 Å². The quantitative estimate of drug-likeness (QED) is 0.451. The molecule has 0 aromatic heterocycles. The van der Waals surface area contributed by atoms with Gasteiger partial charge in [-0.2, -0.15) is 0 Å². The van der Waals surface area contributed by atoms with E-state index in [1.165, 1.54) is 0 Å². The van der Waals surface area contributed by atoms with Crippen LogP contribution >= 0.6 is 22.6 Å². The Morgan fingerprint density at radius 2 is 2.50 bits per heavy atom. The Hall–Kier alpha value is 0.400. The van der Waals surface area contributed by atoms with E-state index in [4.69, 9.17) is 0 Å². The topological polar surface area (TPSA) is 17.1 Å². The monoisotopic (exact) mass is 196 g/mol. The van der Waals surface area contributed by atoms with Crippen molar-refractivity contribution in [1.29, 1.82) is 0 Å². The molecule has 0 saturated heterocycles. The number of hydrogen-bond acceptors (Lipinski definition) is 1. The third-order valence-corrected chi connectivity index (χ3v) is 1.99. The minimum atomic E-state index is 0.449. The van der Waals surface area contributed by atoms with Crippen LogP contribution in [0, 0.1) is 5.92 Å². The summed E-state index contributed by atoms with van der Waals surface area (Å²) in [5.41, 5.74) is 0. The zero-order valence-electron chi connectivity index (χ0n) is 3.28. The maximum absolute atomic E-state index is 10.1. The predicted molar refractivity (Wildman–Crippen MR) is 32.0 cm³/mol. The Kier molecular flexibility index (Phi) is 1.13. The molecule has 34 valence electrons. The van der Waals surface area contributed by atoms with E-state index in [1.54, 1.807) is 0 Å². The molecule has 0 aromatic carbocycles. The number of halogens is 1. The van der Waals surface area contributed by atoms with Gasteiger partial charge in [0.05, 0.1) is 0 Å². The largest absolute Gasteiger partial charge is 0.299 e. The fourth-order valence-corrected chi connectivity index (χ4v) is 1.13. The molecule has 1 aliphatic carbocycles. The highest BCUT2D eigenvalue weighted by atomic mass is 127. The summed E-state index contributed by atoms with van der Waals surface area (Å²) in [5, 5.41) is 0. The molecule has 0 amide bonds. The highest BCUT2D eigenvalue weighted by Crippen LogP contribution is 2.25. The Morgan fingerprint density at radius 1 is 2.00 bits per heavy atom. The van der Waals surface area contributed by atoms with Gasteiger partial charge in [-0.1, -0.05) is 22.6 Å². The molecule has 0 heterocycles. The summed E-state index contributed by atoms with van der Waals surface area (Å²) in [6.45, 7) is 0. The van der Waals surface area contributed by atoms with Crippen LogP contribution in [0.15, 0.2) is 0 Å². The van der Waals surface area contributed by atoms with Gasteiger partial charge in [0.15, 0.2) is 0 Å². The number of hydrogen-bond donors (Lipinski definition) is 0. The van der Waals surface area contributed by atoms with Crippen molar-refractivity contribution >= 4 is 28.4 Å². The fraction of sp³-hybridized carbons (Fsp3) is 0.750. The number of Topliss-reactive ketones (excluding diaryl/α,β-unsaturated/α-hetero) is 1. The molecule has 0 aromatic rings. The molecular weight excluding hydrogens is 191 g/mol. The number of ketones is 1. The number of rotatable bonds is 1. The Labute approximate surface area is 50.3 Å². The highest BCUT2D eigenvalue weighted by Gasteiger charge is 2.32. The molecule has 0 radical (unpaired) electrons. The molecule has 1 saturated carbocycles. The molecule has 2 heteroatoms. The first-order valence-corrected chi connectivity index (χ1v) is 3.46. The molecule has 0 aliphatic heterocycles. The summed E-state index contributed by atoms with van der Waals surface area (Å²) >= 11 is 2.23. The van der Waals surface area contributed by atoms with E-state index >= 15 is 0 Å². The third kappa shape index (κ3) is 0.721. The van der Waals surface area contributed by atoms with E-state index in [9.17, 15) is 4.79 Å². The van der Waals surface area contributed by atoms with Crippen LogP contribution in [0.2, 0.25) is 0 Å². The first-order chi connectivity index (χ1) is 2.84. The maximum Gasteiger partial charge on any atom is 0.137 e. The highest BCUT2D eigenvalue weighted by molar-refractivity contribution is 14.1. The molecule has 0 N–H and O–H groups in total. The number of carbonyl (C=O) groups is 1. The molecule has 1 rings (SSSR count). The molecule has 1 aliphatic rings. The Morgan fingerprint density at radius 3 is 2.50 bits per heavy atom. The standard InChI is InChI=1S/C4H5IO/c5-2-3-1-4(3)6/h3H,1-2H2. The van der Waals surface area contributed by atoms with Gasteiger partial charge in [0.1, 0.15) is 5.78 Å². The van der Waals surface area contributed by atoms with Crippen molar-refractivity contribution in [2.45, 2.75) is 6.42 Å². The first kappa shape index (κ1) is 4.56. The molecule has 1 nitrogen and oxygen atoms in total. The van der Waals surface area contributed by atoms with E-state index < -0.39 is 0 Å². The van der Waals surface area contributed by atoms with E-state index in [0.29, 0.717) is 11.7 Å². The lowest BCUT2D eigenvalue weighted by Gasteiger charge is -1.68. The molecule has 1 atom stereocenters. The van der Waals surface area contributed by atoms with Crippen molar-refractivity contribution in [2.24, 2.45) is 5.92 Å². The normalized spacial score (nSPS) is 30.8. The van der Waals surface area contributed by atoms with E-state index in [2.05, 4.69) is 22.6 Å². The fourth-order valence-electron chi connectivity index (χ4n) is 0.325. The van der Waals surface area contributed by atoms with Gasteiger partial charge >= 0.3 is 0 Å². The molecule has 1 fully saturated rings. The third-order valence-electron chi connectivity index (χ3n) is 0.929. The lowest BCUT2D eigenvalue weighted by molar-refractivity contribution is -0.110. The summed E-state index contributed by atoms with van der Waals surface area (Å²) < 4.78 is 1.02. The summed E-state index contributed by atoms with van der Waals surface area (Å²) in [7, 11) is 0. The molecular formula is C4H5IO. The van der Waals surface area contributed by atoms with Crippen LogP contribution < -0.4 is 0 Å². The Balaban J connectivity index is 2.26. The van der Waals surface area contributed by atoms with Crippen molar-refractivity contribution in [2.75, 3.05) is 4.43 Å². The summed E-state index contributed by atoms with van der Waals surface area (Å²) in [5.74, 6) is 0.898. The zero-order chi connectivity index (χ0) is 4.57. The van der Waals surface area contributed by atoms with Crippen LogP contribution in [-0.4, -0.2) is 10.2 Å². The first-order valence-electron chi connectivity index (χ1n) is 1.93. The van der Waals surface area contributed by atoms with E-state index in [1.807, 2.05) is 0 Å². The van der Waals surface area contributed by atoms with Gasteiger partial charge in [-0.15, -0.1) is 0 Å². The van der Waals surface area contributed by atoms with Crippen LogP contribution in [0.4, 0.5) is 0 Å². The van der Waals surface area contributed by atoms with Gasteiger partial charge < -0.3 is 0 Å². The van der Waals surface area contributed by atoms with Gasteiger partial charge in [-0.25, -0.2) is 0 Å². The van der Waals surface area contributed by atoms with E-state index in [-0.39, 0.29) is 0 Å². The van der Waals surface area contributed by atoms with E-state index in [0.717, 1.165) is 10.8 Å². The summed E-state index contributed by atoms with van der Waals surface area (Å²) in [4.78, 5) is 10.1. The lowest BCUT2D eigenvalue weighted by Crippen LogP contribution is -1.74. The minimum absolute atomic E-state index is 0.449. The van der Waals surface area contributed by atoms with Crippen molar-refractivity contribution in [3.8, 4) is 0 Å². The van der Waals surface area contributed by atoms with Gasteiger partial charge in [0.25, 0.3) is 0 Å². The van der Waals surface area contributed by atoms with Crippen LogP contribution in [-0.2, 0) is 4.79 Å². The molecule has 6 heavy (non-hydrogen) atoms. The number of carbonyl (C=O) groups excluding carboxylic acids is 1. The lowest BCUT2D eigenvalue weighted by atomic mass is 10.5. The van der Waals surface area contributed by atoms with Crippen LogP contribution in [0.1, 0.15) is 6.42 Å². The molecule has 1 unspecified atom stereocenters. The van der Waals surface area contributed by atoms with Crippen molar-refractivity contribution in [3.05, 3.63) is 0 Å². The van der Waals surface area contributed by atoms with Crippen LogP contribution in [0.25, 0.3) is 0 Å². The second-order valence-electron chi connectivity index (χ2n) is 1.52. The minimum Gasteiger partial charge on any atom is -0.299 e.